The van der Waals surface area contributed by atoms with Crippen LogP contribution in [0.4, 0.5) is 0 Å². The van der Waals surface area contributed by atoms with E-state index in [9.17, 15) is 14.4 Å². The maximum Gasteiger partial charge on any atom is 0.306 e. The molecular formula is C73H134O6. The summed E-state index contributed by atoms with van der Waals surface area (Å²) in [5, 5.41) is 0. The van der Waals surface area contributed by atoms with Crippen molar-refractivity contribution in [3.05, 3.63) is 48.6 Å². The number of ether oxygens (including phenoxy) is 3. The Kier molecular flexibility index (Phi) is 65.6. The molecule has 0 aliphatic rings. The van der Waals surface area contributed by atoms with Gasteiger partial charge in [-0.25, -0.2) is 0 Å². The van der Waals surface area contributed by atoms with Crippen LogP contribution < -0.4 is 0 Å². The maximum absolute atomic E-state index is 13.0. The Labute approximate surface area is 492 Å². The molecule has 0 fully saturated rings. The highest BCUT2D eigenvalue weighted by molar-refractivity contribution is 5.71. The van der Waals surface area contributed by atoms with Crippen molar-refractivity contribution in [3.63, 3.8) is 0 Å². The number of carbonyl (C=O) groups is 3. The van der Waals surface area contributed by atoms with E-state index in [4.69, 9.17) is 14.2 Å². The molecule has 0 amide bonds. The summed E-state index contributed by atoms with van der Waals surface area (Å²) >= 11 is 0. The van der Waals surface area contributed by atoms with Gasteiger partial charge in [0.25, 0.3) is 0 Å². The lowest BCUT2D eigenvalue weighted by molar-refractivity contribution is -0.167. The highest BCUT2D eigenvalue weighted by Crippen LogP contribution is 2.18. The van der Waals surface area contributed by atoms with Crippen LogP contribution in [0.2, 0.25) is 0 Å². The van der Waals surface area contributed by atoms with Gasteiger partial charge in [0.1, 0.15) is 13.2 Å². The van der Waals surface area contributed by atoms with Gasteiger partial charge in [0.15, 0.2) is 6.10 Å². The lowest BCUT2D eigenvalue weighted by Gasteiger charge is -2.18. The van der Waals surface area contributed by atoms with E-state index in [1.165, 1.54) is 270 Å². The molecule has 0 spiro atoms. The Hall–Kier alpha value is -2.63. The predicted molar refractivity (Wildman–Crippen MR) is 344 cm³/mol. The standard InChI is InChI=1S/C73H134O6/c1-4-7-10-13-16-19-22-25-28-31-33-35-36-38-39-42-45-48-51-54-57-60-63-66-72(75)78-69-70(68-77-71(74)65-62-59-56-53-50-47-44-41-30-27-24-21-18-15-12-9-6-3)79-73(76)67-64-61-58-55-52-49-46-43-40-37-34-32-29-26-23-20-17-14-11-8-5-2/h18,21,27,30-34,70H,4-17,19-20,22-26,28-29,35-69H2,1-3H3/b21-18-,30-27-,33-31-,34-32-. The molecule has 0 saturated carbocycles. The predicted octanol–water partition coefficient (Wildman–Crippen LogP) is 24.1. The van der Waals surface area contributed by atoms with Gasteiger partial charge in [0.2, 0.25) is 0 Å². The van der Waals surface area contributed by atoms with E-state index in [-0.39, 0.29) is 31.1 Å². The van der Waals surface area contributed by atoms with Crippen molar-refractivity contribution in [2.45, 2.75) is 386 Å². The van der Waals surface area contributed by atoms with Crippen LogP contribution in [-0.4, -0.2) is 37.2 Å². The van der Waals surface area contributed by atoms with Crippen molar-refractivity contribution in [1.29, 1.82) is 0 Å². The van der Waals surface area contributed by atoms with Crippen LogP contribution in [0.25, 0.3) is 0 Å². The topological polar surface area (TPSA) is 78.9 Å². The average molecular weight is 1110 g/mol. The van der Waals surface area contributed by atoms with Crippen LogP contribution in [0.15, 0.2) is 48.6 Å². The molecule has 0 aliphatic carbocycles. The third kappa shape index (κ3) is 66.1. The molecule has 0 heterocycles. The first-order valence-electron chi connectivity index (χ1n) is 35.1. The summed E-state index contributed by atoms with van der Waals surface area (Å²) in [6.45, 7) is 6.67. The quantitative estimate of drug-likeness (QED) is 0.0261. The van der Waals surface area contributed by atoms with Gasteiger partial charge in [-0.2, -0.15) is 0 Å². The lowest BCUT2D eigenvalue weighted by atomic mass is 10.0. The van der Waals surface area contributed by atoms with Crippen LogP contribution >= 0.6 is 0 Å². The fourth-order valence-corrected chi connectivity index (χ4v) is 10.5. The van der Waals surface area contributed by atoms with Crippen molar-refractivity contribution >= 4 is 17.9 Å². The Morgan fingerprint density at radius 3 is 0.734 bits per heavy atom. The number of carbonyl (C=O) groups excluding carboxylic acids is 3. The Bertz CT molecular complexity index is 1360. The van der Waals surface area contributed by atoms with E-state index in [0.29, 0.717) is 19.3 Å². The molecule has 1 atom stereocenters. The van der Waals surface area contributed by atoms with E-state index >= 15 is 0 Å². The van der Waals surface area contributed by atoms with Crippen LogP contribution in [0.5, 0.6) is 0 Å². The molecule has 0 aromatic rings. The lowest BCUT2D eigenvalue weighted by Crippen LogP contribution is -2.30. The molecule has 0 aromatic heterocycles. The zero-order valence-electron chi connectivity index (χ0n) is 53.2. The van der Waals surface area contributed by atoms with Gasteiger partial charge in [-0.15, -0.1) is 0 Å². The van der Waals surface area contributed by atoms with E-state index in [1.54, 1.807) is 0 Å². The smallest absolute Gasteiger partial charge is 0.306 e. The minimum atomic E-state index is -0.779. The van der Waals surface area contributed by atoms with Crippen LogP contribution in [0.3, 0.4) is 0 Å². The number of unbranched alkanes of at least 4 members (excludes halogenated alkanes) is 46. The molecule has 0 saturated heterocycles. The van der Waals surface area contributed by atoms with Gasteiger partial charge in [-0.3, -0.25) is 14.4 Å². The van der Waals surface area contributed by atoms with Gasteiger partial charge in [-0.1, -0.05) is 307 Å². The zero-order chi connectivity index (χ0) is 57.1. The van der Waals surface area contributed by atoms with E-state index in [0.717, 1.165) is 70.6 Å². The second kappa shape index (κ2) is 67.9. The summed E-state index contributed by atoms with van der Waals surface area (Å²) in [5.41, 5.74) is 0. The fraction of sp³-hybridized carbons (Fsp3) is 0.849. The van der Waals surface area contributed by atoms with E-state index < -0.39 is 6.10 Å². The summed E-state index contributed by atoms with van der Waals surface area (Å²) < 4.78 is 17.0. The van der Waals surface area contributed by atoms with Crippen molar-refractivity contribution < 1.29 is 28.6 Å². The Morgan fingerprint density at radius 2 is 0.456 bits per heavy atom. The highest BCUT2D eigenvalue weighted by atomic mass is 16.6. The third-order valence-corrected chi connectivity index (χ3v) is 15.8. The van der Waals surface area contributed by atoms with Gasteiger partial charge in [0.05, 0.1) is 0 Å². The van der Waals surface area contributed by atoms with E-state index in [2.05, 4.69) is 69.4 Å². The summed E-state index contributed by atoms with van der Waals surface area (Å²) in [6.07, 6.45) is 85.6. The second-order valence-corrected chi connectivity index (χ2v) is 23.8. The molecule has 0 bridgehead atoms. The summed E-state index contributed by atoms with van der Waals surface area (Å²) in [7, 11) is 0. The Balaban J connectivity index is 4.33. The minimum absolute atomic E-state index is 0.0739. The number of esters is 3. The first-order valence-corrected chi connectivity index (χ1v) is 35.1. The molecule has 0 aromatic carbocycles. The maximum atomic E-state index is 13.0. The van der Waals surface area contributed by atoms with Crippen LogP contribution in [0, 0.1) is 0 Å². The SMILES string of the molecule is CCCCC/C=C\C/C=C\CCCCCCCCCC(=O)OCC(COC(=O)CCCCCCCCCCCCC/C=C\CCCCCCCCCC)OC(=O)CCCCCCCCCCC/C=C\CCCCCCCCCC. The summed E-state index contributed by atoms with van der Waals surface area (Å²) in [6, 6.07) is 0. The van der Waals surface area contributed by atoms with Crippen LogP contribution in [-0.2, 0) is 28.6 Å². The third-order valence-electron chi connectivity index (χ3n) is 15.8. The molecule has 0 rings (SSSR count). The summed E-state index contributed by atoms with van der Waals surface area (Å²) in [5.74, 6) is -0.860. The Morgan fingerprint density at radius 1 is 0.253 bits per heavy atom. The normalized spacial score (nSPS) is 12.3. The average Bonchev–Trinajstić information content (AvgIpc) is 3.45. The van der Waals surface area contributed by atoms with Crippen molar-refractivity contribution in [2.24, 2.45) is 0 Å². The largest absolute Gasteiger partial charge is 0.462 e. The molecule has 0 radical (unpaired) electrons. The molecular weight excluding hydrogens is 973 g/mol. The molecule has 79 heavy (non-hydrogen) atoms. The fourth-order valence-electron chi connectivity index (χ4n) is 10.5. The monoisotopic (exact) mass is 1110 g/mol. The zero-order valence-corrected chi connectivity index (χ0v) is 53.2. The number of hydrogen-bond acceptors (Lipinski definition) is 6. The number of rotatable bonds is 65. The number of hydrogen-bond donors (Lipinski definition) is 0. The molecule has 1 unspecified atom stereocenters. The first-order chi connectivity index (χ1) is 39.0. The highest BCUT2D eigenvalue weighted by Gasteiger charge is 2.19. The second-order valence-electron chi connectivity index (χ2n) is 23.8. The molecule has 6 nitrogen and oxygen atoms in total. The summed E-state index contributed by atoms with van der Waals surface area (Å²) in [4.78, 5) is 38.5. The first kappa shape index (κ1) is 76.4. The molecule has 0 aliphatic heterocycles. The van der Waals surface area contributed by atoms with Crippen molar-refractivity contribution in [3.8, 4) is 0 Å². The van der Waals surface area contributed by atoms with Gasteiger partial charge < -0.3 is 14.2 Å². The van der Waals surface area contributed by atoms with E-state index in [1.807, 2.05) is 0 Å². The van der Waals surface area contributed by atoms with Crippen molar-refractivity contribution in [1.82, 2.24) is 0 Å². The van der Waals surface area contributed by atoms with Gasteiger partial charge in [-0.05, 0) is 103 Å². The molecule has 462 valence electrons. The van der Waals surface area contributed by atoms with Gasteiger partial charge >= 0.3 is 17.9 Å². The molecule has 0 N–H and O–H groups in total. The molecule has 6 heteroatoms. The van der Waals surface area contributed by atoms with Gasteiger partial charge in [0, 0.05) is 19.3 Å². The number of allylic oxidation sites excluding steroid dienone is 8. The minimum Gasteiger partial charge on any atom is -0.462 e. The van der Waals surface area contributed by atoms with Crippen LogP contribution in [0.1, 0.15) is 380 Å². The van der Waals surface area contributed by atoms with Crippen molar-refractivity contribution in [2.75, 3.05) is 13.2 Å².